The van der Waals surface area contributed by atoms with Gasteiger partial charge in [-0.15, -0.1) is 0 Å². The number of carbonyl (C=O) groups is 2. The van der Waals surface area contributed by atoms with Crippen molar-refractivity contribution in [3.63, 3.8) is 0 Å². The van der Waals surface area contributed by atoms with Gasteiger partial charge in [0, 0.05) is 12.6 Å². The van der Waals surface area contributed by atoms with E-state index in [4.69, 9.17) is 9.47 Å². The fourth-order valence-corrected chi connectivity index (χ4v) is 3.64. The molecule has 0 N–H and O–H groups in total. The molecule has 0 bridgehead atoms. The van der Waals surface area contributed by atoms with Crippen molar-refractivity contribution in [2.24, 2.45) is 12.0 Å². The summed E-state index contributed by atoms with van der Waals surface area (Å²) in [7, 11) is 3.18. The summed E-state index contributed by atoms with van der Waals surface area (Å²) in [6.45, 7) is 3.89. The van der Waals surface area contributed by atoms with E-state index < -0.39 is 5.97 Å². The molecule has 0 saturated carbocycles. The maximum atomic E-state index is 12.5. The molecule has 0 aliphatic heterocycles. The van der Waals surface area contributed by atoms with Crippen molar-refractivity contribution in [1.29, 1.82) is 0 Å². The van der Waals surface area contributed by atoms with E-state index in [-0.39, 0.29) is 12.0 Å². The second-order valence-electron chi connectivity index (χ2n) is 6.23. The number of carbonyl (C=O) groups excluding carboxylic acids is 2. The molecule has 0 atom stereocenters. The largest absolute Gasteiger partial charge is 0.491 e. The molecule has 7 heteroatoms. The number of fused-ring (bicyclic) bond motifs is 1. The number of hydrogen-bond acceptors (Lipinski definition) is 5. The van der Waals surface area contributed by atoms with Crippen LogP contribution in [0.3, 0.4) is 0 Å². The number of thiazole rings is 1. The maximum absolute atomic E-state index is 12.5. The van der Waals surface area contributed by atoms with Crippen molar-refractivity contribution in [2.45, 2.75) is 20.0 Å². The second kappa shape index (κ2) is 7.75. The number of ether oxygens (including phenoxy) is 2. The Morgan fingerprint density at radius 1 is 1.07 bits per heavy atom. The fourth-order valence-electron chi connectivity index (χ4n) is 2.59. The Hall–Kier alpha value is -2.93. The minimum atomic E-state index is -0.397. The van der Waals surface area contributed by atoms with Crippen LogP contribution in [0.25, 0.3) is 10.2 Å². The van der Waals surface area contributed by atoms with Crippen LogP contribution in [0.5, 0.6) is 5.75 Å². The first-order chi connectivity index (χ1) is 12.9. The molecule has 0 aliphatic carbocycles. The van der Waals surface area contributed by atoms with E-state index in [1.165, 1.54) is 18.4 Å². The average Bonchev–Trinajstić information content (AvgIpc) is 2.96. The third kappa shape index (κ3) is 4.09. The molecular formula is C20H20N2O4S. The topological polar surface area (TPSA) is 69.9 Å². The molecule has 6 nitrogen and oxygen atoms in total. The maximum Gasteiger partial charge on any atom is 0.337 e. The van der Waals surface area contributed by atoms with Gasteiger partial charge in [-0.2, -0.15) is 4.99 Å². The minimum Gasteiger partial charge on any atom is -0.491 e. The van der Waals surface area contributed by atoms with Crippen LogP contribution < -0.4 is 9.54 Å². The monoisotopic (exact) mass is 384 g/mol. The molecule has 0 spiro atoms. The number of esters is 1. The lowest BCUT2D eigenvalue weighted by molar-refractivity contribution is 0.0600. The van der Waals surface area contributed by atoms with Crippen LogP contribution in [-0.4, -0.2) is 29.7 Å². The van der Waals surface area contributed by atoms with E-state index in [0.29, 0.717) is 21.7 Å². The zero-order chi connectivity index (χ0) is 19.6. The first-order valence-corrected chi connectivity index (χ1v) is 9.24. The quantitative estimate of drug-likeness (QED) is 0.645. The highest BCUT2D eigenvalue weighted by atomic mass is 32.1. The lowest BCUT2D eigenvalue weighted by atomic mass is 10.2. The van der Waals surface area contributed by atoms with Gasteiger partial charge in [-0.05, 0) is 56.3 Å². The van der Waals surface area contributed by atoms with Gasteiger partial charge in [0.05, 0.1) is 29.0 Å². The highest BCUT2D eigenvalue weighted by Crippen LogP contribution is 2.19. The van der Waals surface area contributed by atoms with Crippen LogP contribution in [0.15, 0.2) is 47.5 Å². The Morgan fingerprint density at radius 3 is 2.37 bits per heavy atom. The molecule has 0 fully saturated rings. The van der Waals surface area contributed by atoms with E-state index in [1.54, 1.807) is 36.4 Å². The van der Waals surface area contributed by atoms with Gasteiger partial charge in [-0.1, -0.05) is 11.3 Å². The number of nitrogens with zero attached hydrogens (tertiary/aromatic N) is 2. The summed E-state index contributed by atoms with van der Waals surface area (Å²) in [4.78, 5) is 29.0. The number of aromatic nitrogens is 1. The third-order valence-electron chi connectivity index (χ3n) is 3.90. The van der Waals surface area contributed by atoms with Crippen molar-refractivity contribution < 1.29 is 19.1 Å². The summed E-state index contributed by atoms with van der Waals surface area (Å²) in [6.07, 6.45) is 0.0729. The summed E-state index contributed by atoms with van der Waals surface area (Å²) in [5.41, 5.74) is 1.84. The molecule has 0 radical (unpaired) electrons. The van der Waals surface area contributed by atoms with Gasteiger partial charge < -0.3 is 14.0 Å². The summed E-state index contributed by atoms with van der Waals surface area (Å²) in [5.74, 6) is -0.0167. The van der Waals surface area contributed by atoms with Crippen LogP contribution in [0, 0.1) is 0 Å². The molecule has 140 valence electrons. The number of rotatable bonds is 4. The summed E-state index contributed by atoms with van der Waals surface area (Å²) in [5, 5.41) is 0. The summed E-state index contributed by atoms with van der Waals surface area (Å²) in [6, 6.07) is 12.2. The Balaban J connectivity index is 1.93. The molecule has 0 aliphatic rings. The van der Waals surface area contributed by atoms with Gasteiger partial charge in [-0.25, -0.2) is 4.79 Å². The average molecular weight is 384 g/mol. The predicted molar refractivity (Wildman–Crippen MR) is 104 cm³/mol. The van der Waals surface area contributed by atoms with E-state index in [1.807, 2.05) is 31.5 Å². The number of methoxy groups -OCH3 is 1. The van der Waals surface area contributed by atoms with E-state index >= 15 is 0 Å². The van der Waals surface area contributed by atoms with Crippen LogP contribution in [0.1, 0.15) is 34.6 Å². The highest BCUT2D eigenvalue weighted by Gasteiger charge is 2.11. The molecule has 3 rings (SSSR count). The van der Waals surface area contributed by atoms with Gasteiger partial charge in [0.25, 0.3) is 5.91 Å². The van der Waals surface area contributed by atoms with Crippen molar-refractivity contribution >= 4 is 33.4 Å². The normalized spacial score (nSPS) is 11.8. The zero-order valence-corrected chi connectivity index (χ0v) is 16.4. The number of benzene rings is 2. The lowest BCUT2D eigenvalue weighted by Crippen LogP contribution is -2.13. The Bertz CT molecular complexity index is 1060. The van der Waals surface area contributed by atoms with Gasteiger partial charge >= 0.3 is 5.97 Å². The van der Waals surface area contributed by atoms with Crippen LogP contribution in [-0.2, 0) is 11.8 Å². The van der Waals surface area contributed by atoms with Crippen LogP contribution in [0.2, 0.25) is 0 Å². The molecule has 1 heterocycles. The van der Waals surface area contributed by atoms with Crippen molar-refractivity contribution in [3.05, 3.63) is 58.4 Å². The first-order valence-electron chi connectivity index (χ1n) is 8.42. The van der Waals surface area contributed by atoms with Gasteiger partial charge in [-0.3, -0.25) is 4.79 Å². The molecule has 1 amide bonds. The second-order valence-corrected chi connectivity index (χ2v) is 7.23. The van der Waals surface area contributed by atoms with Crippen molar-refractivity contribution in [1.82, 2.24) is 4.57 Å². The zero-order valence-electron chi connectivity index (χ0n) is 15.6. The Morgan fingerprint density at radius 2 is 1.74 bits per heavy atom. The van der Waals surface area contributed by atoms with Gasteiger partial charge in [0.1, 0.15) is 5.75 Å². The summed E-state index contributed by atoms with van der Waals surface area (Å²) >= 11 is 1.34. The molecule has 3 aromatic rings. The number of aryl methyl sites for hydroxylation is 1. The van der Waals surface area contributed by atoms with Crippen molar-refractivity contribution in [3.8, 4) is 5.75 Å². The van der Waals surface area contributed by atoms with Crippen LogP contribution >= 0.6 is 11.3 Å². The van der Waals surface area contributed by atoms with E-state index in [9.17, 15) is 9.59 Å². The smallest absolute Gasteiger partial charge is 0.337 e. The molecular weight excluding hydrogens is 364 g/mol. The fraction of sp³-hybridized carbons (Fsp3) is 0.250. The standard InChI is InChI=1S/C20H20N2O4S/c1-12(2)26-15-8-5-13(6-9-15)18(23)21-20-22(3)16-10-7-14(19(24)25-4)11-17(16)27-20/h5-12H,1-4H3. The lowest BCUT2D eigenvalue weighted by Gasteiger charge is -2.09. The third-order valence-corrected chi connectivity index (χ3v) is 5.00. The summed E-state index contributed by atoms with van der Waals surface area (Å²) < 4.78 is 13.0. The van der Waals surface area contributed by atoms with Gasteiger partial charge in [0.15, 0.2) is 4.80 Å². The van der Waals surface area contributed by atoms with Gasteiger partial charge in [0.2, 0.25) is 0 Å². The van der Waals surface area contributed by atoms with E-state index in [0.717, 1.165) is 10.2 Å². The van der Waals surface area contributed by atoms with Crippen LogP contribution in [0.4, 0.5) is 0 Å². The molecule has 0 unspecified atom stereocenters. The van der Waals surface area contributed by atoms with Crippen molar-refractivity contribution in [2.75, 3.05) is 7.11 Å². The highest BCUT2D eigenvalue weighted by molar-refractivity contribution is 7.16. The minimum absolute atomic E-state index is 0.0729. The molecule has 0 saturated heterocycles. The Labute approximate surface area is 160 Å². The molecule has 2 aromatic carbocycles. The SMILES string of the molecule is COC(=O)c1ccc2c(c1)sc(=NC(=O)c1ccc(OC(C)C)cc1)n2C. The predicted octanol–water partition coefficient (Wildman–Crippen LogP) is 3.55. The number of hydrogen-bond donors (Lipinski definition) is 0. The van der Waals surface area contributed by atoms with E-state index in [2.05, 4.69) is 4.99 Å². The molecule has 27 heavy (non-hydrogen) atoms. The first kappa shape index (κ1) is 18.8. The Kier molecular flexibility index (Phi) is 5.41. The number of amides is 1. The molecule has 1 aromatic heterocycles.